The first kappa shape index (κ1) is 21.9. The van der Waals surface area contributed by atoms with Gasteiger partial charge < -0.3 is 4.74 Å². The Morgan fingerprint density at radius 2 is 1.66 bits per heavy atom. The lowest BCUT2D eigenvalue weighted by atomic mass is 9.87. The van der Waals surface area contributed by atoms with Gasteiger partial charge in [-0.25, -0.2) is 4.39 Å². The summed E-state index contributed by atoms with van der Waals surface area (Å²) in [6.07, 6.45) is 8.12. The van der Waals surface area contributed by atoms with Gasteiger partial charge in [-0.05, 0) is 92.5 Å². The zero-order valence-corrected chi connectivity index (χ0v) is 18.9. The largest absolute Gasteiger partial charge is 0.497 e. The molecule has 0 spiro atoms. The minimum absolute atomic E-state index is 0.176. The van der Waals surface area contributed by atoms with Crippen molar-refractivity contribution >= 4 is 5.57 Å². The molecule has 0 heterocycles. The molecular weight excluding hydrogens is 395 g/mol. The van der Waals surface area contributed by atoms with E-state index in [1.54, 1.807) is 7.11 Å². The van der Waals surface area contributed by atoms with Gasteiger partial charge in [0.05, 0.1) is 12.7 Å². The zero-order chi connectivity index (χ0) is 22.3. The lowest BCUT2D eigenvalue weighted by Crippen LogP contribution is -2.04. The van der Waals surface area contributed by atoms with E-state index in [-0.39, 0.29) is 5.82 Å². The molecule has 3 aromatic carbocycles. The van der Waals surface area contributed by atoms with Gasteiger partial charge >= 0.3 is 0 Å². The van der Waals surface area contributed by atoms with Gasteiger partial charge in [0.1, 0.15) is 11.6 Å². The third kappa shape index (κ3) is 5.29. The molecule has 1 aliphatic rings. The number of halogens is 1. The topological polar surface area (TPSA) is 9.23 Å². The Labute approximate surface area is 191 Å². The van der Waals surface area contributed by atoms with Crippen molar-refractivity contribution in [3.05, 3.63) is 106 Å². The molecule has 0 amide bonds. The average molecular weight is 425 g/mol. The van der Waals surface area contributed by atoms with Crippen LogP contribution in [-0.2, 0) is 12.8 Å². The van der Waals surface area contributed by atoms with Crippen LogP contribution in [0.25, 0.3) is 5.57 Å². The minimum atomic E-state index is -0.176. The standard InChI is InChI=1S/C30H29FO/c1-22-8-10-23(11-9-22)13-17-27-19-18-26(16-12-24-14-20-28(32-2)21-15-24)29(30(27)31)25-6-4-3-5-7-25/h6,8-11,14-15,18-21H,3-5,7,12,16H2,1-2H3. The Bertz CT molecular complexity index is 1160. The van der Waals surface area contributed by atoms with E-state index in [0.29, 0.717) is 5.56 Å². The molecular formula is C30H29FO. The predicted molar refractivity (Wildman–Crippen MR) is 130 cm³/mol. The summed E-state index contributed by atoms with van der Waals surface area (Å²) >= 11 is 0. The molecule has 0 aromatic heterocycles. The van der Waals surface area contributed by atoms with Gasteiger partial charge in [-0.15, -0.1) is 0 Å². The molecule has 0 saturated carbocycles. The molecule has 0 radical (unpaired) electrons. The summed E-state index contributed by atoms with van der Waals surface area (Å²) in [6, 6.07) is 20.0. The van der Waals surface area contributed by atoms with Gasteiger partial charge in [0.15, 0.2) is 0 Å². The summed E-state index contributed by atoms with van der Waals surface area (Å²) in [5.74, 6) is 6.88. The maximum Gasteiger partial charge on any atom is 0.146 e. The molecule has 0 aliphatic heterocycles. The quantitative estimate of drug-likeness (QED) is 0.391. The summed E-state index contributed by atoms with van der Waals surface area (Å²) in [6.45, 7) is 2.05. The Balaban J connectivity index is 1.64. The van der Waals surface area contributed by atoms with Crippen LogP contribution in [0, 0.1) is 24.6 Å². The molecule has 3 aromatic rings. The summed E-state index contributed by atoms with van der Waals surface area (Å²) in [5.41, 5.74) is 6.75. The van der Waals surface area contributed by atoms with E-state index < -0.39 is 0 Å². The van der Waals surface area contributed by atoms with E-state index in [0.717, 1.165) is 60.1 Å². The number of hydrogen-bond donors (Lipinski definition) is 0. The van der Waals surface area contributed by atoms with Crippen molar-refractivity contribution in [2.24, 2.45) is 0 Å². The molecule has 4 rings (SSSR count). The van der Waals surface area contributed by atoms with E-state index >= 15 is 4.39 Å². The molecule has 0 unspecified atom stereocenters. The van der Waals surface area contributed by atoms with Crippen molar-refractivity contribution in [2.75, 3.05) is 7.11 Å². The van der Waals surface area contributed by atoms with Crippen LogP contribution in [0.15, 0.2) is 66.7 Å². The lowest BCUT2D eigenvalue weighted by Gasteiger charge is -2.18. The molecule has 162 valence electrons. The lowest BCUT2D eigenvalue weighted by molar-refractivity contribution is 0.414. The second-order valence-corrected chi connectivity index (χ2v) is 8.40. The average Bonchev–Trinajstić information content (AvgIpc) is 2.84. The van der Waals surface area contributed by atoms with Gasteiger partial charge in [0, 0.05) is 11.1 Å². The van der Waals surface area contributed by atoms with E-state index in [1.807, 2.05) is 49.4 Å². The van der Waals surface area contributed by atoms with Crippen molar-refractivity contribution in [1.82, 2.24) is 0 Å². The predicted octanol–water partition coefficient (Wildman–Crippen LogP) is 7.29. The van der Waals surface area contributed by atoms with Crippen LogP contribution in [0.1, 0.15) is 59.1 Å². The number of methoxy groups -OCH3 is 1. The number of benzene rings is 3. The SMILES string of the molecule is COc1ccc(CCc2ccc(C#Cc3ccc(C)cc3)c(F)c2C2=CCCCC2)cc1. The third-order valence-electron chi connectivity index (χ3n) is 6.08. The minimum Gasteiger partial charge on any atom is -0.497 e. The molecule has 0 saturated heterocycles. The Hall–Kier alpha value is -3.31. The van der Waals surface area contributed by atoms with Gasteiger partial charge in [-0.1, -0.05) is 53.8 Å². The fraction of sp³-hybridized carbons (Fsp3) is 0.267. The fourth-order valence-corrected chi connectivity index (χ4v) is 4.18. The Morgan fingerprint density at radius 1 is 0.875 bits per heavy atom. The highest BCUT2D eigenvalue weighted by molar-refractivity contribution is 5.71. The monoisotopic (exact) mass is 424 g/mol. The van der Waals surface area contributed by atoms with Crippen LogP contribution < -0.4 is 4.74 Å². The van der Waals surface area contributed by atoms with Crippen LogP contribution in [0.3, 0.4) is 0 Å². The summed E-state index contributed by atoms with van der Waals surface area (Å²) in [7, 11) is 1.67. The normalized spacial score (nSPS) is 13.2. The molecule has 0 atom stereocenters. The first-order valence-electron chi connectivity index (χ1n) is 11.4. The molecule has 1 nitrogen and oxygen atoms in total. The smallest absolute Gasteiger partial charge is 0.146 e. The molecule has 1 aliphatic carbocycles. The van der Waals surface area contributed by atoms with Gasteiger partial charge in [-0.2, -0.15) is 0 Å². The second-order valence-electron chi connectivity index (χ2n) is 8.40. The molecule has 0 bridgehead atoms. The van der Waals surface area contributed by atoms with Crippen LogP contribution in [0.2, 0.25) is 0 Å². The van der Waals surface area contributed by atoms with Crippen molar-refractivity contribution in [1.29, 1.82) is 0 Å². The van der Waals surface area contributed by atoms with Crippen LogP contribution in [-0.4, -0.2) is 7.11 Å². The van der Waals surface area contributed by atoms with Crippen molar-refractivity contribution in [3.8, 4) is 17.6 Å². The van der Waals surface area contributed by atoms with Crippen molar-refractivity contribution < 1.29 is 9.13 Å². The number of rotatable bonds is 5. The van der Waals surface area contributed by atoms with E-state index in [4.69, 9.17) is 4.74 Å². The van der Waals surface area contributed by atoms with E-state index in [1.165, 1.54) is 17.5 Å². The summed E-state index contributed by atoms with van der Waals surface area (Å²) in [4.78, 5) is 0. The van der Waals surface area contributed by atoms with Crippen molar-refractivity contribution in [2.45, 2.75) is 45.4 Å². The zero-order valence-electron chi connectivity index (χ0n) is 18.9. The number of allylic oxidation sites excluding steroid dienone is 2. The number of aryl methyl sites for hydroxylation is 3. The third-order valence-corrected chi connectivity index (χ3v) is 6.08. The fourth-order valence-electron chi connectivity index (χ4n) is 4.18. The van der Waals surface area contributed by atoms with Crippen LogP contribution in [0.4, 0.5) is 4.39 Å². The Morgan fingerprint density at radius 3 is 2.34 bits per heavy atom. The second kappa shape index (κ2) is 10.3. The van der Waals surface area contributed by atoms with Crippen LogP contribution in [0.5, 0.6) is 5.75 Å². The van der Waals surface area contributed by atoms with Crippen molar-refractivity contribution in [3.63, 3.8) is 0 Å². The molecule has 0 fully saturated rings. The van der Waals surface area contributed by atoms with Crippen LogP contribution >= 0.6 is 0 Å². The number of hydrogen-bond acceptors (Lipinski definition) is 1. The molecule has 32 heavy (non-hydrogen) atoms. The molecule has 2 heteroatoms. The maximum atomic E-state index is 15.7. The molecule has 0 N–H and O–H groups in total. The Kier molecular flexibility index (Phi) is 7.07. The van der Waals surface area contributed by atoms with Gasteiger partial charge in [-0.3, -0.25) is 0 Å². The summed E-state index contributed by atoms with van der Waals surface area (Å²) in [5, 5.41) is 0. The van der Waals surface area contributed by atoms with Gasteiger partial charge in [0.2, 0.25) is 0 Å². The highest BCUT2D eigenvalue weighted by atomic mass is 19.1. The number of ether oxygens (including phenoxy) is 1. The van der Waals surface area contributed by atoms with Gasteiger partial charge in [0.25, 0.3) is 0 Å². The highest BCUT2D eigenvalue weighted by Gasteiger charge is 2.18. The first-order valence-corrected chi connectivity index (χ1v) is 11.4. The van der Waals surface area contributed by atoms with E-state index in [9.17, 15) is 0 Å². The summed E-state index contributed by atoms with van der Waals surface area (Å²) < 4.78 is 21.0. The maximum absolute atomic E-state index is 15.7. The highest BCUT2D eigenvalue weighted by Crippen LogP contribution is 2.33. The first-order chi connectivity index (χ1) is 15.6. The van der Waals surface area contributed by atoms with E-state index in [2.05, 4.69) is 36.1 Å².